The molecule has 33 heavy (non-hydrogen) atoms. The summed E-state index contributed by atoms with van der Waals surface area (Å²) in [6, 6.07) is 7.37. The maximum absolute atomic E-state index is 13.1. The van der Waals surface area contributed by atoms with Crippen LogP contribution in [0.2, 0.25) is 0 Å². The van der Waals surface area contributed by atoms with Gasteiger partial charge in [0.15, 0.2) is 0 Å². The van der Waals surface area contributed by atoms with Gasteiger partial charge in [-0.3, -0.25) is 14.4 Å². The lowest BCUT2D eigenvalue weighted by atomic mass is 9.96. The number of amides is 3. The molecular weight excluding hydrogens is 442 g/mol. The van der Waals surface area contributed by atoms with E-state index in [1.54, 1.807) is 30.9 Å². The van der Waals surface area contributed by atoms with Crippen LogP contribution in [0.3, 0.4) is 0 Å². The minimum Gasteiger partial charge on any atom is -0.462 e. The van der Waals surface area contributed by atoms with E-state index in [1.165, 1.54) is 7.05 Å². The summed E-state index contributed by atoms with van der Waals surface area (Å²) in [5.74, 6) is -1.73. The Hall–Kier alpha value is -3.20. The van der Waals surface area contributed by atoms with E-state index >= 15 is 0 Å². The van der Waals surface area contributed by atoms with Crippen LogP contribution in [0.4, 0.5) is 5.00 Å². The van der Waals surface area contributed by atoms with Gasteiger partial charge in [0.05, 0.1) is 23.0 Å². The van der Waals surface area contributed by atoms with Gasteiger partial charge in [-0.1, -0.05) is 17.7 Å². The number of hydrogen-bond acceptors (Lipinski definition) is 6. The van der Waals surface area contributed by atoms with Gasteiger partial charge < -0.3 is 20.3 Å². The molecular formula is C24H29N3O5S. The molecule has 1 atom stereocenters. The van der Waals surface area contributed by atoms with E-state index in [0.717, 1.165) is 16.9 Å². The molecule has 1 aromatic heterocycles. The standard InChI is InChI=1S/C24H29N3O5S/c1-5-32-24(31)18-15(3)19(21(29)25-4)33-22(18)26-20(28)17-7-6-12-27(13-17)23(30)16-10-8-14(2)9-11-16/h8-11,17H,5-7,12-13H2,1-4H3,(H,25,29)(H,26,28). The van der Waals surface area contributed by atoms with Crippen molar-refractivity contribution in [2.45, 2.75) is 33.6 Å². The quantitative estimate of drug-likeness (QED) is 0.629. The zero-order valence-electron chi connectivity index (χ0n) is 19.3. The maximum Gasteiger partial charge on any atom is 0.341 e. The van der Waals surface area contributed by atoms with E-state index in [0.29, 0.717) is 41.9 Å². The monoisotopic (exact) mass is 471 g/mol. The van der Waals surface area contributed by atoms with Crippen LogP contribution in [0, 0.1) is 19.8 Å². The third-order valence-electron chi connectivity index (χ3n) is 5.67. The maximum atomic E-state index is 13.1. The van der Waals surface area contributed by atoms with Crippen molar-refractivity contribution in [1.29, 1.82) is 0 Å². The topological polar surface area (TPSA) is 105 Å². The number of piperidine rings is 1. The highest BCUT2D eigenvalue weighted by Crippen LogP contribution is 2.34. The van der Waals surface area contributed by atoms with Gasteiger partial charge in [-0.25, -0.2) is 4.79 Å². The van der Waals surface area contributed by atoms with Crippen LogP contribution in [0.15, 0.2) is 24.3 Å². The predicted molar refractivity (Wildman–Crippen MR) is 127 cm³/mol. The van der Waals surface area contributed by atoms with Gasteiger partial charge in [-0.2, -0.15) is 0 Å². The first-order valence-electron chi connectivity index (χ1n) is 11.0. The Morgan fingerprint density at radius 1 is 1.15 bits per heavy atom. The minimum absolute atomic E-state index is 0.103. The van der Waals surface area contributed by atoms with Crippen molar-refractivity contribution in [3.63, 3.8) is 0 Å². The summed E-state index contributed by atoms with van der Waals surface area (Å²) in [4.78, 5) is 52.8. The third kappa shape index (κ3) is 5.42. The van der Waals surface area contributed by atoms with Crippen LogP contribution in [0.1, 0.15) is 61.3 Å². The summed E-state index contributed by atoms with van der Waals surface area (Å²) in [5.41, 5.74) is 2.32. The first-order chi connectivity index (χ1) is 15.8. The van der Waals surface area contributed by atoms with Crippen LogP contribution in [0.25, 0.3) is 0 Å². The SMILES string of the molecule is CCOC(=O)c1c(NC(=O)C2CCCN(C(=O)c3ccc(C)cc3)C2)sc(C(=O)NC)c1C. The van der Waals surface area contributed by atoms with Crippen molar-refractivity contribution < 1.29 is 23.9 Å². The number of hydrogen-bond donors (Lipinski definition) is 2. The molecule has 1 aliphatic heterocycles. The Morgan fingerprint density at radius 3 is 2.48 bits per heavy atom. The molecule has 1 saturated heterocycles. The number of rotatable bonds is 6. The number of aryl methyl sites for hydroxylation is 1. The van der Waals surface area contributed by atoms with Gasteiger partial charge >= 0.3 is 5.97 Å². The molecule has 1 fully saturated rings. The number of benzene rings is 1. The van der Waals surface area contributed by atoms with E-state index in [4.69, 9.17) is 4.74 Å². The summed E-state index contributed by atoms with van der Waals surface area (Å²) in [6.07, 6.45) is 1.33. The molecule has 176 valence electrons. The summed E-state index contributed by atoms with van der Waals surface area (Å²) in [6.45, 7) is 6.37. The molecule has 0 spiro atoms. The fraction of sp³-hybridized carbons (Fsp3) is 0.417. The second-order valence-corrected chi connectivity index (χ2v) is 9.03. The number of ether oxygens (including phenoxy) is 1. The minimum atomic E-state index is -0.587. The molecule has 2 heterocycles. The molecule has 3 amide bonds. The van der Waals surface area contributed by atoms with Gasteiger partial charge in [0.2, 0.25) is 5.91 Å². The molecule has 9 heteroatoms. The Kier molecular flexibility index (Phi) is 7.86. The lowest BCUT2D eigenvalue weighted by Gasteiger charge is -2.32. The normalized spacial score (nSPS) is 15.6. The highest BCUT2D eigenvalue weighted by atomic mass is 32.1. The average Bonchev–Trinajstić information content (AvgIpc) is 3.14. The zero-order chi connectivity index (χ0) is 24.1. The average molecular weight is 472 g/mol. The summed E-state index contributed by atoms with van der Waals surface area (Å²) < 4.78 is 5.14. The lowest BCUT2D eigenvalue weighted by Crippen LogP contribution is -2.43. The first kappa shape index (κ1) is 24.4. The number of carbonyl (C=O) groups excluding carboxylic acids is 4. The number of nitrogens with zero attached hydrogens (tertiary/aromatic N) is 1. The molecule has 1 aliphatic rings. The number of nitrogens with one attached hydrogen (secondary N) is 2. The van der Waals surface area contributed by atoms with Gasteiger partial charge in [0.1, 0.15) is 5.00 Å². The second-order valence-electron chi connectivity index (χ2n) is 8.01. The van der Waals surface area contributed by atoms with E-state index in [9.17, 15) is 19.2 Å². The lowest BCUT2D eigenvalue weighted by molar-refractivity contribution is -0.121. The molecule has 1 unspecified atom stereocenters. The fourth-order valence-corrected chi connectivity index (χ4v) is 4.99. The molecule has 2 aromatic rings. The van der Waals surface area contributed by atoms with Crippen molar-refractivity contribution in [3.8, 4) is 0 Å². The van der Waals surface area contributed by atoms with Crippen LogP contribution >= 0.6 is 11.3 Å². The van der Waals surface area contributed by atoms with Crippen molar-refractivity contribution in [1.82, 2.24) is 10.2 Å². The van der Waals surface area contributed by atoms with E-state index < -0.39 is 11.9 Å². The first-order valence-corrected chi connectivity index (χ1v) is 11.8. The van der Waals surface area contributed by atoms with Crippen molar-refractivity contribution in [2.75, 3.05) is 32.1 Å². The van der Waals surface area contributed by atoms with Gasteiger partial charge in [0, 0.05) is 25.7 Å². The molecule has 8 nitrogen and oxygen atoms in total. The summed E-state index contributed by atoms with van der Waals surface area (Å²) in [5, 5.41) is 5.67. The highest BCUT2D eigenvalue weighted by Gasteiger charge is 2.32. The number of anilines is 1. The van der Waals surface area contributed by atoms with Gasteiger partial charge in [-0.15, -0.1) is 11.3 Å². The summed E-state index contributed by atoms with van der Waals surface area (Å²) in [7, 11) is 1.51. The highest BCUT2D eigenvalue weighted by molar-refractivity contribution is 7.18. The van der Waals surface area contributed by atoms with Crippen molar-refractivity contribution >= 4 is 40.0 Å². The molecule has 1 aromatic carbocycles. The second kappa shape index (κ2) is 10.6. The zero-order valence-corrected chi connectivity index (χ0v) is 20.1. The van der Waals surface area contributed by atoms with Crippen LogP contribution in [-0.4, -0.2) is 55.3 Å². The van der Waals surface area contributed by atoms with E-state index in [2.05, 4.69) is 10.6 Å². The molecule has 0 bridgehead atoms. The molecule has 3 rings (SSSR count). The molecule has 0 saturated carbocycles. The molecule has 0 radical (unpaired) electrons. The summed E-state index contributed by atoms with van der Waals surface area (Å²) >= 11 is 1.05. The Bertz CT molecular complexity index is 1060. The molecule has 0 aliphatic carbocycles. The number of carbonyl (C=O) groups is 4. The largest absolute Gasteiger partial charge is 0.462 e. The number of esters is 1. The van der Waals surface area contributed by atoms with E-state index in [-0.39, 0.29) is 34.9 Å². The Balaban J connectivity index is 1.78. The smallest absolute Gasteiger partial charge is 0.341 e. The fourth-order valence-electron chi connectivity index (χ4n) is 3.85. The van der Waals surface area contributed by atoms with Crippen molar-refractivity contribution in [2.24, 2.45) is 5.92 Å². The predicted octanol–water partition coefficient (Wildman–Crippen LogP) is 3.39. The third-order valence-corrected chi connectivity index (χ3v) is 6.88. The molecule has 2 N–H and O–H groups in total. The Labute approximate surface area is 197 Å². The van der Waals surface area contributed by atoms with Crippen molar-refractivity contribution in [3.05, 3.63) is 51.4 Å². The number of thiophene rings is 1. The van der Waals surface area contributed by atoms with Crippen LogP contribution < -0.4 is 10.6 Å². The van der Waals surface area contributed by atoms with E-state index in [1.807, 2.05) is 19.1 Å². The van der Waals surface area contributed by atoms with Gasteiger partial charge in [0.25, 0.3) is 11.8 Å². The number of likely N-dealkylation sites (tertiary alicyclic amines) is 1. The van der Waals surface area contributed by atoms with Crippen LogP contribution in [-0.2, 0) is 9.53 Å². The van der Waals surface area contributed by atoms with Gasteiger partial charge in [-0.05, 0) is 51.3 Å². The van der Waals surface area contributed by atoms with Crippen LogP contribution in [0.5, 0.6) is 0 Å². The Morgan fingerprint density at radius 2 is 1.85 bits per heavy atom.